The van der Waals surface area contributed by atoms with Crippen LogP contribution in [0, 0.1) is 11.3 Å². The third-order valence-corrected chi connectivity index (χ3v) is 1.94. The molecule has 0 amide bonds. The SMILES string of the molecule is C=C/C(=C\C(C#N)=C\O)CCCCC. The average molecular weight is 191 g/mol. The zero-order chi connectivity index (χ0) is 10.8. The van der Waals surface area contributed by atoms with Gasteiger partial charge in [-0.3, -0.25) is 0 Å². The van der Waals surface area contributed by atoms with E-state index < -0.39 is 0 Å². The molecular formula is C12H17NO. The molecule has 0 aliphatic carbocycles. The molecule has 0 bridgehead atoms. The number of aliphatic hydroxyl groups excluding tert-OH is 1. The van der Waals surface area contributed by atoms with Gasteiger partial charge in [0.2, 0.25) is 0 Å². The monoisotopic (exact) mass is 191 g/mol. The summed E-state index contributed by atoms with van der Waals surface area (Å²) in [4.78, 5) is 0. The smallest absolute Gasteiger partial charge is 0.102 e. The molecule has 0 fully saturated rings. The van der Waals surface area contributed by atoms with Gasteiger partial charge in [-0.05, 0) is 24.5 Å². The van der Waals surface area contributed by atoms with E-state index in [0.717, 1.165) is 24.7 Å². The van der Waals surface area contributed by atoms with Crippen LogP contribution in [0.3, 0.4) is 0 Å². The van der Waals surface area contributed by atoms with Gasteiger partial charge in [-0.15, -0.1) is 0 Å². The second-order valence-corrected chi connectivity index (χ2v) is 3.08. The van der Waals surface area contributed by atoms with Crippen LogP contribution in [-0.2, 0) is 0 Å². The second-order valence-electron chi connectivity index (χ2n) is 3.08. The predicted molar refractivity (Wildman–Crippen MR) is 58.7 cm³/mol. The van der Waals surface area contributed by atoms with Crippen LogP contribution in [0.2, 0.25) is 0 Å². The fourth-order valence-electron chi connectivity index (χ4n) is 1.11. The minimum atomic E-state index is 0.274. The number of hydrogen-bond donors (Lipinski definition) is 1. The number of nitrogens with zero attached hydrogens (tertiary/aromatic N) is 1. The molecule has 0 aromatic carbocycles. The van der Waals surface area contributed by atoms with Gasteiger partial charge in [-0.1, -0.05) is 32.4 Å². The molecule has 0 saturated heterocycles. The van der Waals surface area contributed by atoms with Crippen molar-refractivity contribution in [3.63, 3.8) is 0 Å². The van der Waals surface area contributed by atoms with Crippen LogP contribution in [0.1, 0.15) is 32.6 Å². The Bertz CT molecular complexity index is 269. The van der Waals surface area contributed by atoms with E-state index in [4.69, 9.17) is 10.4 Å². The molecule has 0 radical (unpaired) electrons. The second kappa shape index (κ2) is 8.12. The summed E-state index contributed by atoms with van der Waals surface area (Å²) in [5, 5.41) is 17.3. The van der Waals surface area contributed by atoms with E-state index >= 15 is 0 Å². The topological polar surface area (TPSA) is 44.0 Å². The lowest BCUT2D eigenvalue weighted by atomic mass is 10.1. The van der Waals surface area contributed by atoms with E-state index in [0.29, 0.717) is 0 Å². The lowest BCUT2D eigenvalue weighted by molar-refractivity contribution is 0.471. The Morgan fingerprint density at radius 2 is 2.21 bits per heavy atom. The highest BCUT2D eigenvalue weighted by atomic mass is 16.2. The van der Waals surface area contributed by atoms with Gasteiger partial charge in [-0.25, -0.2) is 0 Å². The normalized spacial score (nSPS) is 12.3. The number of nitriles is 1. The molecule has 2 nitrogen and oxygen atoms in total. The summed E-state index contributed by atoms with van der Waals surface area (Å²) in [6, 6.07) is 1.89. The first-order valence-corrected chi connectivity index (χ1v) is 4.86. The maximum absolute atomic E-state index is 8.68. The summed E-state index contributed by atoms with van der Waals surface area (Å²) in [6.45, 7) is 5.82. The molecule has 0 aliphatic heterocycles. The zero-order valence-corrected chi connectivity index (χ0v) is 8.66. The standard InChI is InChI=1S/C12H17NO/c1-3-5-6-7-11(4-2)8-12(9-13)10-14/h4,8,10,14H,2-3,5-7H2,1H3/b11-8+,12-10-. The molecular weight excluding hydrogens is 174 g/mol. The number of allylic oxidation sites excluding steroid dienone is 4. The largest absolute Gasteiger partial charge is 0.514 e. The molecule has 76 valence electrons. The molecule has 0 aromatic heterocycles. The van der Waals surface area contributed by atoms with Crippen molar-refractivity contribution in [2.75, 3.05) is 0 Å². The lowest BCUT2D eigenvalue weighted by Gasteiger charge is -2.00. The minimum absolute atomic E-state index is 0.274. The maximum Gasteiger partial charge on any atom is 0.102 e. The molecule has 14 heavy (non-hydrogen) atoms. The van der Waals surface area contributed by atoms with Gasteiger partial charge in [0.05, 0.1) is 11.8 Å². The predicted octanol–water partition coefficient (Wildman–Crippen LogP) is 3.64. The highest BCUT2D eigenvalue weighted by molar-refractivity contribution is 5.37. The quantitative estimate of drug-likeness (QED) is 0.301. The molecule has 0 atom stereocenters. The van der Waals surface area contributed by atoms with Gasteiger partial charge < -0.3 is 5.11 Å². The summed E-state index contributed by atoms with van der Waals surface area (Å²) in [5.74, 6) is 0. The highest BCUT2D eigenvalue weighted by Crippen LogP contribution is 2.12. The summed E-state index contributed by atoms with van der Waals surface area (Å²) < 4.78 is 0. The number of aliphatic hydroxyl groups is 1. The number of rotatable bonds is 6. The van der Waals surface area contributed by atoms with E-state index in [2.05, 4.69) is 13.5 Å². The summed E-state index contributed by atoms with van der Waals surface area (Å²) in [6.07, 6.45) is 8.58. The molecule has 1 N–H and O–H groups in total. The van der Waals surface area contributed by atoms with Gasteiger partial charge in [0, 0.05) is 0 Å². The van der Waals surface area contributed by atoms with Crippen LogP contribution < -0.4 is 0 Å². The van der Waals surface area contributed by atoms with Crippen molar-refractivity contribution in [3.05, 3.63) is 36.1 Å². The number of hydrogen-bond acceptors (Lipinski definition) is 2. The van der Waals surface area contributed by atoms with Crippen molar-refractivity contribution in [1.82, 2.24) is 0 Å². The first-order chi connectivity index (χ1) is 6.78. The zero-order valence-electron chi connectivity index (χ0n) is 8.66. The maximum atomic E-state index is 8.68. The van der Waals surface area contributed by atoms with Gasteiger partial charge in [-0.2, -0.15) is 5.26 Å². The van der Waals surface area contributed by atoms with Crippen molar-refractivity contribution < 1.29 is 5.11 Å². The van der Waals surface area contributed by atoms with E-state index in [1.54, 1.807) is 12.2 Å². The van der Waals surface area contributed by atoms with E-state index in [1.807, 2.05) is 6.07 Å². The Morgan fingerprint density at radius 3 is 2.64 bits per heavy atom. The molecule has 0 rings (SSSR count). The Kier molecular flexibility index (Phi) is 7.26. The van der Waals surface area contributed by atoms with Gasteiger partial charge >= 0.3 is 0 Å². The molecule has 0 aromatic rings. The Balaban J connectivity index is 4.26. The van der Waals surface area contributed by atoms with Crippen LogP contribution in [-0.4, -0.2) is 5.11 Å². The molecule has 0 saturated carbocycles. The first kappa shape index (κ1) is 12.5. The molecule has 2 heteroatoms. The lowest BCUT2D eigenvalue weighted by Crippen LogP contribution is -1.82. The fraction of sp³-hybridized carbons (Fsp3) is 0.417. The van der Waals surface area contributed by atoms with E-state index in [1.165, 1.54) is 12.8 Å². The molecule has 0 aliphatic rings. The van der Waals surface area contributed by atoms with Crippen LogP contribution >= 0.6 is 0 Å². The van der Waals surface area contributed by atoms with Crippen molar-refractivity contribution in [2.45, 2.75) is 32.6 Å². The van der Waals surface area contributed by atoms with Gasteiger partial charge in [0.1, 0.15) is 6.07 Å². The third-order valence-electron chi connectivity index (χ3n) is 1.94. The highest BCUT2D eigenvalue weighted by Gasteiger charge is 1.95. The fourth-order valence-corrected chi connectivity index (χ4v) is 1.11. The van der Waals surface area contributed by atoms with Crippen LogP contribution in [0.4, 0.5) is 0 Å². The van der Waals surface area contributed by atoms with Crippen molar-refractivity contribution in [2.24, 2.45) is 0 Å². The minimum Gasteiger partial charge on any atom is -0.514 e. The van der Waals surface area contributed by atoms with E-state index in [9.17, 15) is 0 Å². The van der Waals surface area contributed by atoms with Crippen molar-refractivity contribution in [3.8, 4) is 6.07 Å². The van der Waals surface area contributed by atoms with Gasteiger partial charge in [0.15, 0.2) is 0 Å². The average Bonchev–Trinajstić information content (AvgIpc) is 2.23. The third kappa shape index (κ3) is 5.21. The summed E-state index contributed by atoms with van der Waals surface area (Å²) in [5.41, 5.74) is 1.27. The van der Waals surface area contributed by atoms with Gasteiger partial charge in [0.25, 0.3) is 0 Å². The molecule has 0 spiro atoms. The first-order valence-electron chi connectivity index (χ1n) is 4.86. The van der Waals surface area contributed by atoms with Crippen molar-refractivity contribution >= 4 is 0 Å². The molecule has 0 unspecified atom stereocenters. The molecule has 0 heterocycles. The van der Waals surface area contributed by atoms with E-state index in [-0.39, 0.29) is 5.57 Å². The van der Waals surface area contributed by atoms with Crippen molar-refractivity contribution in [1.29, 1.82) is 5.26 Å². The number of unbranched alkanes of at least 4 members (excludes halogenated alkanes) is 2. The van der Waals surface area contributed by atoms with Crippen LogP contribution in [0.5, 0.6) is 0 Å². The Morgan fingerprint density at radius 1 is 1.50 bits per heavy atom. The van der Waals surface area contributed by atoms with Crippen LogP contribution in [0.25, 0.3) is 0 Å². The Hall–Kier alpha value is -1.49. The summed E-state index contributed by atoms with van der Waals surface area (Å²) >= 11 is 0. The Labute approximate surface area is 85.9 Å². The summed E-state index contributed by atoms with van der Waals surface area (Å²) in [7, 11) is 0. The van der Waals surface area contributed by atoms with Crippen LogP contribution in [0.15, 0.2) is 36.1 Å².